The number of methoxy groups -OCH3 is 2. The highest BCUT2D eigenvalue weighted by molar-refractivity contribution is 7.80. The van der Waals surface area contributed by atoms with Crippen LogP contribution in [-0.2, 0) is 0 Å². The molecule has 0 unspecified atom stereocenters. The number of hydrogen-bond donors (Lipinski definition) is 2. The number of rotatable bonds is 5. The maximum atomic E-state index is 5.29. The average molecular weight is 315 g/mol. The molecule has 2 aromatic carbocycles. The molecule has 0 saturated carbocycles. The summed E-state index contributed by atoms with van der Waals surface area (Å²) in [7, 11) is 3.21. The van der Waals surface area contributed by atoms with Gasteiger partial charge in [0.05, 0.1) is 20.4 Å². The smallest absolute Gasteiger partial charge is 0.191 e. The van der Waals surface area contributed by atoms with E-state index in [2.05, 4.69) is 15.8 Å². The number of nitrogens with zero attached hydrogens (tertiary/aromatic N) is 1. The predicted octanol–water partition coefficient (Wildman–Crippen LogP) is 3.02. The highest BCUT2D eigenvalue weighted by Gasteiger charge is 2.02. The number of ether oxygens (including phenoxy) is 2. The van der Waals surface area contributed by atoms with Crippen LogP contribution in [0.25, 0.3) is 0 Å². The SMILES string of the molecule is COc1ccc(/C=N/NC(=S)Nc2ccccc2)c(OC)c1. The first-order chi connectivity index (χ1) is 10.7. The summed E-state index contributed by atoms with van der Waals surface area (Å²) in [6, 6.07) is 15.1. The van der Waals surface area contributed by atoms with E-state index in [9.17, 15) is 0 Å². The zero-order chi connectivity index (χ0) is 15.8. The highest BCUT2D eigenvalue weighted by Crippen LogP contribution is 2.22. The fourth-order valence-corrected chi connectivity index (χ4v) is 1.94. The summed E-state index contributed by atoms with van der Waals surface area (Å²) in [6.07, 6.45) is 1.64. The van der Waals surface area contributed by atoms with Gasteiger partial charge in [-0.3, -0.25) is 5.43 Å². The summed E-state index contributed by atoms with van der Waals surface area (Å²) in [5.74, 6) is 1.40. The monoisotopic (exact) mass is 315 g/mol. The van der Waals surface area contributed by atoms with E-state index in [1.165, 1.54) is 0 Å². The standard InChI is InChI=1S/C16H17N3O2S/c1-20-14-9-8-12(15(10-14)21-2)11-17-19-16(22)18-13-6-4-3-5-7-13/h3-11H,1-2H3,(H2,18,19,22)/b17-11+. The average Bonchev–Trinajstić information content (AvgIpc) is 2.56. The van der Waals surface area contributed by atoms with E-state index >= 15 is 0 Å². The Morgan fingerprint density at radius 2 is 1.86 bits per heavy atom. The van der Waals surface area contributed by atoms with E-state index in [4.69, 9.17) is 21.7 Å². The minimum absolute atomic E-state index is 0.412. The normalized spacial score (nSPS) is 10.3. The summed E-state index contributed by atoms with van der Waals surface area (Å²) in [5.41, 5.74) is 4.48. The molecule has 0 heterocycles. The molecule has 2 N–H and O–H groups in total. The number of para-hydroxylation sites is 1. The first kappa shape index (κ1) is 15.8. The van der Waals surface area contributed by atoms with Crippen LogP contribution in [0.15, 0.2) is 53.6 Å². The van der Waals surface area contributed by atoms with Gasteiger partial charge in [0.1, 0.15) is 11.5 Å². The molecule has 0 amide bonds. The fourth-order valence-electron chi connectivity index (χ4n) is 1.77. The molecule has 2 rings (SSSR count). The van der Waals surface area contributed by atoms with Crippen LogP contribution in [0.1, 0.15) is 5.56 Å². The van der Waals surface area contributed by atoms with Gasteiger partial charge in [-0.05, 0) is 36.5 Å². The van der Waals surface area contributed by atoms with Crippen molar-refractivity contribution in [3.63, 3.8) is 0 Å². The molecule has 0 aliphatic carbocycles. The maximum absolute atomic E-state index is 5.29. The minimum atomic E-state index is 0.412. The Morgan fingerprint density at radius 3 is 2.55 bits per heavy atom. The minimum Gasteiger partial charge on any atom is -0.497 e. The summed E-state index contributed by atoms with van der Waals surface area (Å²) in [4.78, 5) is 0. The van der Waals surface area contributed by atoms with Gasteiger partial charge in [0.15, 0.2) is 5.11 Å². The number of nitrogens with one attached hydrogen (secondary N) is 2. The van der Waals surface area contributed by atoms with E-state index in [0.29, 0.717) is 10.9 Å². The van der Waals surface area contributed by atoms with Crippen molar-refractivity contribution in [1.82, 2.24) is 5.43 Å². The third-order valence-electron chi connectivity index (χ3n) is 2.84. The molecule has 5 nitrogen and oxygen atoms in total. The molecular weight excluding hydrogens is 298 g/mol. The largest absolute Gasteiger partial charge is 0.497 e. The van der Waals surface area contributed by atoms with Crippen LogP contribution >= 0.6 is 12.2 Å². The van der Waals surface area contributed by atoms with Crippen LogP contribution < -0.4 is 20.2 Å². The number of benzene rings is 2. The van der Waals surface area contributed by atoms with Crippen molar-refractivity contribution in [2.75, 3.05) is 19.5 Å². The Hall–Kier alpha value is -2.60. The molecular formula is C16H17N3O2S. The second-order valence-corrected chi connectivity index (χ2v) is 4.71. The second kappa shape index (κ2) is 7.99. The zero-order valence-electron chi connectivity index (χ0n) is 12.4. The van der Waals surface area contributed by atoms with Crippen LogP contribution in [0.5, 0.6) is 11.5 Å². The quantitative estimate of drug-likeness (QED) is 0.505. The lowest BCUT2D eigenvalue weighted by Gasteiger charge is -2.08. The Balaban J connectivity index is 1.96. The zero-order valence-corrected chi connectivity index (χ0v) is 13.2. The number of hydrogen-bond acceptors (Lipinski definition) is 4. The molecule has 0 bridgehead atoms. The molecule has 114 valence electrons. The summed E-state index contributed by atoms with van der Waals surface area (Å²) >= 11 is 5.16. The van der Waals surface area contributed by atoms with Gasteiger partial charge in [0.2, 0.25) is 0 Å². The van der Waals surface area contributed by atoms with Crippen molar-refractivity contribution in [2.24, 2.45) is 5.10 Å². The van der Waals surface area contributed by atoms with E-state index in [0.717, 1.165) is 17.0 Å². The van der Waals surface area contributed by atoms with E-state index in [-0.39, 0.29) is 0 Å². The lowest BCUT2D eigenvalue weighted by molar-refractivity contribution is 0.394. The first-order valence-electron chi connectivity index (χ1n) is 6.60. The van der Waals surface area contributed by atoms with Crippen LogP contribution in [0, 0.1) is 0 Å². The van der Waals surface area contributed by atoms with Crippen molar-refractivity contribution < 1.29 is 9.47 Å². The number of thiocarbonyl (C=S) groups is 1. The van der Waals surface area contributed by atoms with Gasteiger partial charge in [-0.15, -0.1) is 0 Å². The predicted molar refractivity (Wildman–Crippen MR) is 92.9 cm³/mol. The Bertz CT molecular complexity index is 660. The maximum Gasteiger partial charge on any atom is 0.191 e. The molecule has 0 spiro atoms. The topological polar surface area (TPSA) is 54.9 Å². The Labute approximate surface area is 134 Å². The van der Waals surface area contributed by atoms with Crippen LogP contribution in [-0.4, -0.2) is 25.5 Å². The molecule has 6 heteroatoms. The third-order valence-corrected chi connectivity index (χ3v) is 3.04. The molecule has 0 aliphatic heterocycles. The molecule has 2 aromatic rings. The van der Waals surface area contributed by atoms with Crippen LogP contribution in [0.3, 0.4) is 0 Å². The molecule has 0 aromatic heterocycles. The lowest BCUT2D eigenvalue weighted by Crippen LogP contribution is -2.23. The van der Waals surface area contributed by atoms with E-state index in [1.54, 1.807) is 26.5 Å². The lowest BCUT2D eigenvalue weighted by atomic mass is 10.2. The van der Waals surface area contributed by atoms with Gasteiger partial charge in [-0.25, -0.2) is 0 Å². The summed E-state index contributed by atoms with van der Waals surface area (Å²) in [5, 5.41) is 7.54. The molecule has 0 atom stereocenters. The molecule has 0 saturated heterocycles. The van der Waals surface area contributed by atoms with Gasteiger partial charge in [0.25, 0.3) is 0 Å². The van der Waals surface area contributed by atoms with Crippen molar-refractivity contribution in [3.05, 3.63) is 54.1 Å². The van der Waals surface area contributed by atoms with Crippen molar-refractivity contribution in [2.45, 2.75) is 0 Å². The summed E-state index contributed by atoms with van der Waals surface area (Å²) < 4.78 is 10.4. The number of hydrazone groups is 1. The molecule has 0 aliphatic rings. The Morgan fingerprint density at radius 1 is 1.09 bits per heavy atom. The third kappa shape index (κ3) is 4.46. The van der Waals surface area contributed by atoms with Crippen molar-refractivity contribution in [3.8, 4) is 11.5 Å². The molecule has 0 fully saturated rings. The van der Waals surface area contributed by atoms with Crippen molar-refractivity contribution in [1.29, 1.82) is 0 Å². The van der Waals surface area contributed by atoms with Gasteiger partial charge in [0, 0.05) is 17.3 Å². The van der Waals surface area contributed by atoms with Crippen LogP contribution in [0.2, 0.25) is 0 Å². The van der Waals surface area contributed by atoms with Gasteiger partial charge < -0.3 is 14.8 Å². The van der Waals surface area contributed by atoms with Gasteiger partial charge >= 0.3 is 0 Å². The van der Waals surface area contributed by atoms with Crippen molar-refractivity contribution >= 4 is 29.2 Å². The fraction of sp³-hybridized carbons (Fsp3) is 0.125. The van der Waals surface area contributed by atoms with E-state index in [1.807, 2.05) is 42.5 Å². The molecule has 0 radical (unpaired) electrons. The Kier molecular flexibility index (Phi) is 5.73. The van der Waals surface area contributed by atoms with Crippen LogP contribution in [0.4, 0.5) is 5.69 Å². The first-order valence-corrected chi connectivity index (χ1v) is 7.01. The number of anilines is 1. The summed E-state index contributed by atoms with van der Waals surface area (Å²) in [6.45, 7) is 0. The van der Waals surface area contributed by atoms with Gasteiger partial charge in [-0.2, -0.15) is 5.10 Å². The van der Waals surface area contributed by atoms with E-state index < -0.39 is 0 Å². The highest BCUT2D eigenvalue weighted by atomic mass is 32.1. The molecule has 22 heavy (non-hydrogen) atoms. The second-order valence-electron chi connectivity index (χ2n) is 4.30. The van der Waals surface area contributed by atoms with Gasteiger partial charge in [-0.1, -0.05) is 18.2 Å².